The summed E-state index contributed by atoms with van der Waals surface area (Å²) in [6, 6.07) is 7.04. The number of cyclic esters (lactones) is 1. The minimum absolute atomic E-state index is 0.272. The Labute approximate surface area is 181 Å². The van der Waals surface area contributed by atoms with Crippen LogP contribution in [0, 0.1) is 13.8 Å². The second kappa shape index (κ2) is 9.51. The van der Waals surface area contributed by atoms with Gasteiger partial charge < -0.3 is 19.4 Å². The summed E-state index contributed by atoms with van der Waals surface area (Å²) >= 11 is 0. The first-order valence-electron chi connectivity index (χ1n) is 10.3. The van der Waals surface area contributed by atoms with Gasteiger partial charge in [0.25, 0.3) is 0 Å². The summed E-state index contributed by atoms with van der Waals surface area (Å²) in [5, 5.41) is 2.81. The quantitative estimate of drug-likeness (QED) is 0.537. The van der Waals surface area contributed by atoms with Crippen molar-refractivity contribution in [3.05, 3.63) is 52.9 Å². The van der Waals surface area contributed by atoms with Crippen LogP contribution in [0.5, 0.6) is 0 Å². The van der Waals surface area contributed by atoms with Crippen molar-refractivity contribution < 1.29 is 23.9 Å². The van der Waals surface area contributed by atoms with Crippen molar-refractivity contribution in [1.29, 1.82) is 0 Å². The lowest BCUT2D eigenvalue weighted by atomic mass is 10.1. The van der Waals surface area contributed by atoms with Gasteiger partial charge in [-0.05, 0) is 45.9 Å². The van der Waals surface area contributed by atoms with E-state index in [-0.39, 0.29) is 12.5 Å². The summed E-state index contributed by atoms with van der Waals surface area (Å²) in [4.78, 5) is 38.6. The van der Waals surface area contributed by atoms with E-state index in [4.69, 9.17) is 9.47 Å². The zero-order chi connectivity index (χ0) is 22.5. The van der Waals surface area contributed by atoms with Crippen LogP contribution in [0.1, 0.15) is 41.2 Å². The number of hydrogen-bond acceptors (Lipinski definition) is 5. The molecule has 1 N–H and O–H groups in total. The zero-order valence-electron chi connectivity index (χ0n) is 18.2. The molecule has 2 aromatic rings. The van der Waals surface area contributed by atoms with Crippen LogP contribution in [0.4, 0.5) is 16.2 Å². The van der Waals surface area contributed by atoms with Crippen LogP contribution in [-0.4, -0.2) is 42.3 Å². The first kappa shape index (κ1) is 22.1. The van der Waals surface area contributed by atoms with Crippen molar-refractivity contribution in [3.8, 4) is 0 Å². The van der Waals surface area contributed by atoms with E-state index in [1.54, 1.807) is 37.3 Å². The van der Waals surface area contributed by atoms with Crippen LogP contribution in [0.15, 0.2) is 30.3 Å². The monoisotopic (exact) mass is 425 g/mol. The molecule has 1 fully saturated rings. The number of hydrogen-bond donors (Lipinski definition) is 1. The fourth-order valence-electron chi connectivity index (χ4n) is 3.81. The highest BCUT2D eigenvalue weighted by atomic mass is 16.6. The van der Waals surface area contributed by atoms with Gasteiger partial charge in [0, 0.05) is 29.6 Å². The first-order valence-corrected chi connectivity index (χ1v) is 10.3. The maximum atomic E-state index is 12.7. The number of anilines is 2. The van der Waals surface area contributed by atoms with Crippen molar-refractivity contribution in [2.45, 2.75) is 34.2 Å². The highest BCUT2D eigenvalue weighted by molar-refractivity contribution is 6.06. The van der Waals surface area contributed by atoms with Gasteiger partial charge in [0.2, 0.25) is 5.91 Å². The first-order chi connectivity index (χ1) is 14.9. The molecule has 1 aliphatic rings. The summed E-state index contributed by atoms with van der Waals surface area (Å²) in [5.74, 6) is -0.788. The van der Waals surface area contributed by atoms with Gasteiger partial charge in [-0.15, -0.1) is 0 Å². The topological polar surface area (TPSA) is 89.9 Å². The molecule has 3 rings (SSSR count). The molecule has 0 aliphatic carbocycles. The van der Waals surface area contributed by atoms with Crippen molar-refractivity contribution >= 4 is 35.4 Å². The molecular formula is C23H27N3O5. The second-order valence-electron chi connectivity index (χ2n) is 7.03. The molecular weight excluding hydrogens is 398 g/mol. The number of amides is 2. The molecule has 0 atom stereocenters. The molecule has 0 bridgehead atoms. The Bertz CT molecular complexity index is 1040. The van der Waals surface area contributed by atoms with Gasteiger partial charge in [0.05, 0.1) is 30.1 Å². The Balaban J connectivity index is 1.86. The molecule has 1 aliphatic heterocycles. The molecule has 164 valence electrons. The second-order valence-corrected chi connectivity index (χ2v) is 7.03. The highest BCUT2D eigenvalue weighted by Crippen LogP contribution is 2.28. The van der Waals surface area contributed by atoms with E-state index in [9.17, 15) is 14.4 Å². The van der Waals surface area contributed by atoms with E-state index in [0.717, 1.165) is 11.4 Å². The Hall–Kier alpha value is -3.55. The third-order valence-electron chi connectivity index (χ3n) is 5.24. The maximum absolute atomic E-state index is 12.7. The van der Waals surface area contributed by atoms with Crippen molar-refractivity contribution in [2.24, 2.45) is 0 Å². The van der Waals surface area contributed by atoms with E-state index in [0.29, 0.717) is 42.2 Å². The van der Waals surface area contributed by atoms with Crippen molar-refractivity contribution in [1.82, 2.24) is 4.57 Å². The summed E-state index contributed by atoms with van der Waals surface area (Å²) < 4.78 is 12.2. The number of nitrogens with zero attached hydrogens (tertiary/aromatic N) is 2. The number of carbonyl (C=O) groups is 3. The third-order valence-corrected chi connectivity index (χ3v) is 5.24. The lowest BCUT2D eigenvalue weighted by Gasteiger charge is -2.17. The summed E-state index contributed by atoms with van der Waals surface area (Å²) in [6.45, 7) is 9.23. The fraction of sp³-hybridized carbons (Fsp3) is 0.348. The molecule has 0 unspecified atom stereocenters. The van der Waals surface area contributed by atoms with Crippen LogP contribution in [0.25, 0.3) is 6.08 Å². The fourth-order valence-corrected chi connectivity index (χ4v) is 3.81. The molecule has 1 aromatic carbocycles. The molecule has 2 amide bonds. The third kappa shape index (κ3) is 4.47. The standard InChI is InChI=1S/C23H27N3O5/c1-5-25-15(3)17(21(16(25)4)22(28)30-6-2)11-12-20(27)24-18-9-7-8-10-19(18)26-13-14-31-23(26)29/h7-12H,5-6,13-14H2,1-4H3,(H,24,27)/b12-11+. The number of carbonyl (C=O) groups excluding carboxylic acids is 3. The molecule has 0 spiro atoms. The van der Waals surface area contributed by atoms with Crippen LogP contribution in [-0.2, 0) is 20.8 Å². The van der Waals surface area contributed by atoms with E-state index in [2.05, 4.69) is 5.32 Å². The van der Waals surface area contributed by atoms with Gasteiger partial charge in [-0.3, -0.25) is 9.69 Å². The van der Waals surface area contributed by atoms with Gasteiger partial charge >= 0.3 is 12.1 Å². The Morgan fingerprint density at radius 2 is 1.94 bits per heavy atom. The minimum atomic E-state index is -0.441. The van der Waals surface area contributed by atoms with Crippen molar-refractivity contribution in [2.75, 3.05) is 30.0 Å². The van der Waals surface area contributed by atoms with E-state index in [1.165, 1.54) is 11.0 Å². The van der Waals surface area contributed by atoms with Crippen molar-refractivity contribution in [3.63, 3.8) is 0 Å². The smallest absolute Gasteiger partial charge is 0.414 e. The Morgan fingerprint density at radius 1 is 1.19 bits per heavy atom. The average Bonchev–Trinajstić information content (AvgIpc) is 3.27. The van der Waals surface area contributed by atoms with E-state index < -0.39 is 12.1 Å². The largest absolute Gasteiger partial charge is 0.462 e. The summed E-state index contributed by atoms with van der Waals surface area (Å²) in [5.41, 5.74) is 3.88. The number of ether oxygens (including phenoxy) is 2. The molecule has 1 saturated heterocycles. The number of rotatable bonds is 7. The van der Waals surface area contributed by atoms with Crippen LogP contribution >= 0.6 is 0 Å². The lowest BCUT2D eigenvalue weighted by Crippen LogP contribution is -2.25. The SMILES string of the molecule is CCOC(=O)c1c(/C=C/C(=O)Nc2ccccc2N2CCOC2=O)c(C)n(CC)c1C. The molecule has 0 saturated carbocycles. The van der Waals surface area contributed by atoms with Gasteiger partial charge in [-0.2, -0.15) is 0 Å². The number of para-hydroxylation sites is 2. The lowest BCUT2D eigenvalue weighted by molar-refractivity contribution is -0.111. The molecule has 8 nitrogen and oxygen atoms in total. The summed E-state index contributed by atoms with van der Waals surface area (Å²) in [6.07, 6.45) is 2.56. The van der Waals surface area contributed by atoms with Crippen LogP contribution < -0.4 is 10.2 Å². The molecule has 2 heterocycles. The number of esters is 1. The minimum Gasteiger partial charge on any atom is -0.462 e. The summed E-state index contributed by atoms with van der Waals surface area (Å²) in [7, 11) is 0. The number of benzene rings is 1. The van der Waals surface area contributed by atoms with E-state index >= 15 is 0 Å². The van der Waals surface area contributed by atoms with Gasteiger partial charge in [-0.25, -0.2) is 9.59 Å². The van der Waals surface area contributed by atoms with Gasteiger partial charge in [0.15, 0.2) is 0 Å². The Morgan fingerprint density at radius 3 is 2.58 bits per heavy atom. The maximum Gasteiger partial charge on any atom is 0.414 e. The van der Waals surface area contributed by atoms with Gasteiger partial charge in [0.1, 0.15) is 6.61 Å². The zero-order valence-corrected chi connectivity index (χ0v) is 18.2. The normalized spacial score (nSPS) is 13.5. The molecule has 1 aromatic heterocycles. The average molecular weight is 425 g/mol. The highest BCUT2D eigenvalue weighted by Gasteiger charge is 2.26. The predicted octanol–water partition coefficient (Wildman–Crippen LogP) is 3.91. The predicted molar refractivity (Wildman–Crippen MR) is 118 cm³/mol. The van der Waals surface area contributed by atoms with Crippen LogP contribution in [0.3, 0.4) is 0 Å². The molecule has 0 radical (unpaired) electrons. The van der Waals surface area contributed by atoms with Crippen LogP contribution in [0.2, 0.25) is 0 Å². The molecule has 31 heavy (non-hydrogen) atoms. The molecule has 8 heteroatoms. The number of nitrogens with one attached hydrogen (secondary N) is 1. The number of aromatic nitrogens is 1. The Kier molecular flexibility index (Phi) is 6.79. The van der Waals surface area contributed by atoms with E-state index in [1.807, 2.05) is 25.3 Å². The van der Waals surface area contributed by atoms with Gasteiger partial charge in [-0.1, -0.05) is 12.1 Å².